The Morgan fingerprint density at radius 3 is 2.62 bits per heavy atom. The van der Waals surface area contributed by atoms with E-state index < -0.39 is 0 Å². The summed E-state index contributed by atoms with van der Waals surface area (Å²) in [6, 6.07) is 7.79. The van der Waals surface area contributed by atoms with Crippen LogP contribution in [0.2, 0.25) is 0 Å². The molecule has 0 radical (unpaired) electrons. The number of carbonyl (C=O) groups is 1. The molecule has 1 amide bonds. The van der Waals surface area contributed by atoms with Crippen LogP contribution in [0.1, 0.15) is 49.9 Å². The SMILES string of the molecule is CC(C)c1nc(Cc2ccc(NC(=O)C3CC3)cc2)no1. The van der Waals surface area contributed by atoms with Crippen LogP contribution in [0.25, 0.3) is 0 Å². The summed E-state index contributed by atoms with van der Waals surface area (Å²) in [4.78, 5) is 16.0. The van der Waals surface area contributed by atoms with Crippen LogP contribution in [0.5, 0.6) is 0 Å². The van der Waals surface area contributed by atoms with Gasteiger partial charge >= 0.3 is 0 Å². The maximum atomic E-state index is 11.7. The van der Waals surface area contributed by atoms with Gasteiger partial charge in [0, 0.05) is 23.9 Å². The number of amides is 1. The smallest absolute Gasteiger partial charge is 0.229 e. The summed E-state index contributed by atoms with van der Waals surface area (Å²) in [7, 11) is 0. The van der Waals surface area contributed by atoms with Gasteiger partial charge in [0.2, 0.25) is 11.8 Å². The molecule has 0 spiro atoms. The fourth-order valence-corrected chi connectivity index (χ4v) is 2.05. The highest BCUT2D eigenvalue weighted by molar-refractivity contribution is 5.93. The van der Waals surface area contributed by atoms with E-state index in [9.17, 15) is 4.79 Å². The van der Waals surface area contributed by atoms with Gasteiger partial charge in [-0.2, -0.15) is 4.98 Å². The van der Waals surface area contributed by atoms with E-state index in [-0.39, 0.29) is 17.7 Å². The molecule has 1 aromatic heterocycles. The number of nitrogens with one attached hydrogen (secondary N) is 1. The Labute approximate surface area is 123 Å². The molecule has 0 bridgehead atoms. The third-order valence-electron chi connectivity index (χ3n) is 3.51. The van der Waals surface area contributed by atoms with E-state index in [1.807, 2.05) is 38.1 Å². The molecule has 1 heterocycles. The molecule has 2 aromatic rings. The normalized spacial score (nSPS) is 14.4. The summed E-state index contributed by atoms with van der Waals surface area (Å²) in [6.07, 6.45) is 2.66. The van der Waals surface area contributed by atoms with E-state index in [1.54, 1.807) is 0 Å². The first-order valence-electron chi connectivity index (χ1n) is 7.34. The second-order valence-corrected chi connectivity index (χ2v) is 5.84. The van der Waals surface area contributed by atoms with Crippen LogP contribution in [0.3, 0.4) is 0 Å². The monoisotopic (exact) mass is 285 g/mol. The first-order valence-corrected chi connectivity index (χ1v) is 7.34. The van der Waals surface area contributed by atoms with Crippen molar-refractivity contribution in [1.82, 2.24) is 10.1 Å². The lowest BCUT2D eigenvalue weighted by Gasteiger charge is -2.04. The molecule has 0 aliphatic heterocycles. The van der Waals surface area contributed by atoms with Crippen molar-refractivity contribution < 1.29 is 9.32 Å². The van der Waals surface area contributed by atoms with Crippen LogP contribution >= 0.6 is 0 Å². The van der Waals surface area contributed by atoms with E-state index in [0.717, 1.165) is 24.1 Å². The van der Waals surface area contributed by atoms with Crippen molar-refractivity contribution >= 4 is 11.6 Å². The molecule has 5 nitrogen and oxygen atoms in total. The lowest BCUT2D eigenvalue weighted by molar-refractivity contribution is -0.117. The van der Waals surface area contributed by atoms with E-state index in [4.69, 9.17) is 4.52 Å². The predicted molar refractivity (Wildman–Crippen MR) is 79.0 cm³/mol. The summed E-state index contributed by atoms with van der Waals surface area (Å²) < 4.78 is 5.19. The molecule has 1 aliphatic rings. The molecule has 0 saturated heterocycles. The third-order valence-corrected chi connectivity index (χ3v) is 3.51. The van der Waals surface area contributed by atoms with E-state index >= 15 is 0 Å². The summed E-state index contributed by atoms with van der Waals surface area (Å²) >= 11 is 0. The molecule has 21 heavy (non-hydrogen) atoms. The molecule has 0 unspecified atom stereocenters. The minimum absolute atomic E-state index is 0.127. The standard InChI is InChI=1S/C16H19N3O2/c1-10(2)16-18-14(19-21-16)9-11-3-7-13(8-4-11)17-15(20)12-5-6-12/h3-4,7-8,10,12H,5-6,9H2,1-2H3,(H,17,20). The zero-order valence-corrected chi connectivity index (χ0v) is 12.3. The minimum atomic E-state index is 0.127. The van der Waals surface area contributed by atoms with Crippen molar-refractivity contribution in [3.8, 4) is 0 Å². The second-order valence-electron chi connectivity index (χ2n) is 5.84. The number of hydrogen-bond donors (Lipinski definition) is 1. The Kier molecular flexibility index (Phi) is 3.73. The molecule has 0 atom stereocenters. The van der Waals surface area contributed by atoms with E-state index in [2.05, 4.69) is 15.5 Å². The maximum absolute atomic E-state index is 11.7. The molecule has 1 fully saturated rings. The molecule has 1 aromatic carbocycles. The van der Waals surface area contributed by atoms with Gasteiger partial charge in [-0.15, -0.1) is 0 Å². The van der Waals surface area contributed by atoms with Crippen LogP contribution in [-0.4, -0.2) is 16.0 Å². The summed E-state index contributed by atoms with van der Waals surface area (Å²) in [5, 5.41) is 6.90. The van der Waals surface area contributed by atoms with Gasteiger partial charge in [0.1, 0.15) is 0 Å². The van der Waals surface area contributed by atoms with Gasteiger partial charge in [0.05, 0.1) is 0 Å². The Bertz CT molecular complexity index is 627. The molecular formula is C16H19N3O2. The van der Waals surface area contributed by atoms with Gasteiger partial charge in [-0.05, 0) is 30.5 Å². The van der Waals surface area contributed by atoms with Crippen molar-refractivity contribution in [2.24, 2.45) is 5.92 Å². The van der Waals surface area contributed by atoms with Crippen molar-refractivity contribution in [3.63, 3.8) is 0 Å². The van der Waals surface area contributed by atoms with E-state index in [0.29, 0.717) is 18.1 Å². The Morgan fingerprint density at radius 2 is 2.05 bits per heavy atom. The fraction of sp³-hybridized carbons (Fsp3) is 0.438. The third kappa shape index (κ3) is 3.48. The summed E-state index contributed by atoms with van der Waals surface area (Å²) in [6.45, 7) is 4.04. The molecule has 1 N–H and O–H groups in total. The van der Waals surface area contributed by atoms with Crippen molar-refractivity contribution in [2.75, 3.05) is 5.32 Å². The van der Waals surface area contributed by atoms with Gasteiger partial charge in [0.25, 0.3) is 0 Å². The highest BCUT2D eigenvalue weighted by Gasteiger charge is 2.29. The van der Waals surface area contributed by atoms with Gasteiger partial charge in [-0.25, -0.2) is 0 Å². The number of hydrogen-bond acceptors (Lipinski definition) is 4. The first kappa shape index (κ1) is 13.8. The molecule has 3 rings (SSSR count). The fourth-order valence-electron chi connectivity index (χ4n) is 2.05. The zero-order valence-electron chi connectivity index (χ0n) is 12.3. The van der Waals surface area contributed by atoms with Crippen LogP contribution < -0.4 is 5.32 Å². The number of anilines is 1. The lowest BCUT2D eigenvalue weighted by Crippen LogP contribution is -2.13. The first-order chi connectivity index (χ1) is 10.1. The Hall–Kier alpha value is -2.17. The van der Waals surface area contributed by atoms with Crippen LogP contribution in [0.4, 0.5) is 5.69 Å². The molecule has 110 valence electrons. The molecule has 5 heteroatoms. The van der Waals surface area contributed by atoms with Crippen LogP contribution in [-0.2, 0) is 11.2 Å². The number of benzene rings is 1. The minimum Gasteiger partial charge on any atom is -0.339 e. The number of nitrogens with zero attached hydrogens (tertiary/aromatic N) is 2. The molecular weight excluding hydrogens is 266 g/mol. The average molecular weight is 285 g/mol. The van der Waals surface area contributed by atoms with Crippen LogP contribution in [0, 0.1) is 5.92 Å². The topological polar surface area (TPSA) is 68.0 Å². The summed E-state index contributed by atoms with van der Waals surface area (Å²) in [5.41, 5.74) is 1.93. The number of rotatable bonds is 5. The van der Waals surface area contributed by atoms with Crippen molar-refractivity contribution in [3.05, 3.63) is 41.5 Å². The Morgan fingerprint density at radius 1 is 1.33 bits per heavy atom. The average Bonchev–Trinajstić information content (AvgIpc) is 3.21. The van der Waals surface area contributed by atoms with Crippen molar-refractivity contribution in [2.45, 2.75) is 39.0 Å². The largest absolute Gasteiger partial charge is 0.339 e. The maximum Gasteiger partial charge on any atom is 0.229 e. The quantitative estimate of drug-likeness (QED) is 0.916. The highest BCUT2D eigenvalue weighted by Crippen LogP contribution is 2.30. The van der Waals surface area contributed by atoms with Crippen LogP contribution in [0.15, 0.2) is 28.8 Å². The van der Waals surface area contributed by atoms with Gasteiger partial charge < -0.3 is 9.84 Å². The van der Waals surface area contributed by atoms with Gasteiger partial charge in [-0.3, -0.25) is 4.79 Å². The molecule has 1 aliphatic carbocycles. The highest BCUT2D eigenvalue weighted by atomic mass is 16.5. The second kappa shape index (κ2) is 5.68. The lowest BCUT2D eigenvalue weighted by atomic mass is 10.1. The number of aromatic nitrogens is 2. The Balaban J connectivity index is 1.61. The zero-order chi connectivity index (χ0) is 14.8. The number of carbonyl (C=O) groups excluding carboxylic acids is 1. The van der Waals surface area contributed by atoms with Gasteiger partial charge in [0.15, 0.2) is 5.82 Å². The summed E-state index contributed by atoms with van der Waals surface area (Å²) in [5.74, 6) is 1.94. The van der Waals surface area contributed by atoms with Gasteiger partial charge in [-0.1, -0.05) is 31.1 Å². The predicted octanol–water partition coefficient (Wildman–Crippen LogP) is 3.13. The van der Waals surface area contributed by atoms with E-state index in [1.165, 1.54) is 0 Å². The van der Waals surface area contributed by atoms with Crippen molar-refractivity contribution in [1.29, 1.82) is 0 Å². The molecule has 1 saturated carbocycles.